The van der Waals surface area contributed by atoms with Crippen LogP contribution in [0.1, 0.15) is 58.3 Å². The summed E-state index contributed by atoms with van der Waals surface area (Å²) in [6.07, 6.45) is 4.02. The van der Waals surface area contributed by atoms with Gasteiger partial charge < -0.3 is 10.2 Å². The Labute approximate surface area is 190 Å². The normalized spacial score (nSPS) is 27.3. The smallest absolute Gasteiger partial charge is 0.253 e. The van der Waals surface area contributed by atoms with Crippen LogP contribution in [0.15, 0.2) is 78.9 Å². The van der Waals surface area contributed by atoms with E-state index < -0.39 is 0 Å². The molecule has 0 spiro atoms. The van der Waals surface area contributed by atoms with Crippen molar-refractivity contribution in [2.45, 2.75) is 37.8 Å². The Morgan fingerprint density at radius 1 is 0.938 bits per heavy atom. The summed E-state index contributed by atoms with van der Waals surface area (Å²) >= 11 is 0. The second-order valence-electron chi connectivity index (χ2n) is 9.92. The van der Waals surface area contributed by atoms with Crippen molar-refractivity contribution in [1.82, 2.24) is 4.90 Å². The Hall–Kier alpha value is -3.07. The summed E-state index contributed by atoms with van der Waals surface area (Å²) in [4.78, 5) is 15.1. The molecule has 3 heteroatoms. The lowest BCUT2D eigenvalue weighted by Crippen LogP contribution is -2.35. The predicted molar refractivity (Wildman–Crippen MR) is 129 cm³/mol. The molecule has 3 aliphatic rings. The third kappa shape index (κ3) is 3.23. The molecule has 2 bridgehead atoms. The lowest BCUT2D eigenvalue weighted by atomic mass is 9.68. The number of amides is 1. The number of carbonyl (C=O) groups is 1. The van der Waals surface area contributed by atoms with Gasteiger partial charge in [-0.2, -0.15) is 0 Å². The number of nitrogens with one attached hydrogen (secondary N) is 1. The van der Waals surface area contributed by atoms with Crippen molar-refractivity contribution in [3.63, 3.8) is 0 Å². The number of anilines is 1. The van der Waals surface area contributed by atoms with Gasteiger partial charge in [0.25, 0.3) is 5.91 Å². The Morgan fingerprint density at radius 3 is 2.44 bits per heavy atom. The molecule has 3 aromatic rings. The molecule has 2 aliphatic carbocycles. The largest absolute Gasteiger partial charge is 0.378 e. The van der Waals surface area contributed by atoms with Gasteiger partial charge in [-0.25, -0.2) is 0 Å². The maximum absolute atomic E-state index is 13.3. The second-order valence-corrected chi connectivity index (χ2v) is 9.92. The van der Waals surface area contributed by atoms with Gasteiger partial charge in [-0.05, 0) is 77.8 Å². The number of carbonyl (C=O) groups excluding carboxylic acids is 1. The molecule has 3 nitrogen and oxygen atoms in total. The first-order valence-corrected chi connectivity index (χ1v) is 11.9. The summed E-state index contributed by atoms with van der Waals surface area (Å²) in [7, 11) is 1.90. The van der Waals surface area contributed by atoms with Gasteiger partial charge >= 0.3 is 0 Å². The van der Waals surface area contributed by atoms with E-state index >= 15 is 0 Å². The van der Waals surface area contributed by atoms with E-state index in [1.54, 1.807) is 0 Å². The van der Waals surface area contributed by atoms with Crippen LogP contribution in [0.3, 0.4) is 0 Å². The van der Waals surface area contributed by atoms with Crippen molar-refractivity contribution in [3.8, 4) is 0 Å². The van der Waals surface area contributed by atoms with Crippen LogP contribution in [0.4, 0.5) is 5.69 Å². The quantitative estimate of drug-likeness (QED) is 0.538. The van der Waals surface area contributed by atoms with E-state index in [1.807, 2.05) is 36.2 Å². The summed E-state index contributed by atoms with van der Waals surface area (Å²) in [6, 6.07) is 27.9. The van der Waals surface area contributed by atoms with Gasteiger partial charge in [-0.3, -0.25) is 4.79 Å². The average Bonchev–Trinajstić information content (AvgIpc) is 3.47. The van der Waals surface area contributed by atoms with E-state index in [9.17, 15) is 4.79 Å². The fourth-order valence-electron chi connectivity index (χ4n) is 6.76. The summed E-state index contributed by atoms with van der Waals surface area (Å²) in [5.74, 6) is 2.82. The topological polar surface area (TPSA) is 32.3 Å². The van der Waals surface area contributed by atoms with Crippen LogP contribution in [0.2, 0.25) is 0 Å². The molecule has 1 aliphatic heterocycles. The third-order valence-corrected chi connectivity index (χ3v) is 8.10. The number of benzene rings is 3. The molecule has 3 aromatic carbocycles. The van der Waals surface area contributed by atoms with E-state index in [2.05, 4.69) is 59.9 Å². The molecular weight excluding hydrogens is 392 g/mol. The van der Waals surface area contributed by atoms with Crippen LogP contribution in [-0.4, -0.2) is 17.9 Å². The van der Waals surface area contributed by atoms with Crippen molar-refractivity contribution >= 4 is 11.6 Å². The lowest BCUT2D eigenvalue weighted by molar-refractivity contribution is 0.0785. The highest BCUT2D eigenvalue weighted by molar-refractivity contribution is 5.95. The minimum atomic E-state index is 0.0987. The second kappa shape index (κ2) is 7.81. The molecule has 6 rings (SSSR count). The number of nitrogens with zero attached hydrogens (tertiary/aromatic N) is 1. The summed E-state index contributed by atoms with van der Waals surface area (Å²) < 4.78 is 0. The standard InChI is InChI=1S/C29H30N2O/c1-31(18-19-8-4-2-5-9-19)29(32)23-14-15-25-24(17-23)26-21-12-13-22(16-21)27(26)28(30-25)20-10-6-3-7-11-20/h2-11,14-15,17,21-22,26-28,30H,12-13,16,18H2,1H3/t21-,22-,26-,27+,28+/m0/s1. The van der Waals surface area contributed by atoms with Crippen LogP contribution in [0.5, 0.6) is 0 Å². The van der Waals surface area contributed by atoms with Crippen LogP contribution < -0.4 is 5.32 Å². The van der Waals surface area contributed by atoms with Crippen molar-refractivity contribution in [3.05, 3.63) is 101 Å². The van der Waals surface area contributed by atoms with E-state index in [0.29, 0.717) is 24.4 Å². The van der Waals surface area contributed by atoms with Gasteiger partial charge in [-0.15, -0.1) is 0 Å². The molecule has 2 saturated carbocycles. The first-order valence-electron chi connectivity index (χ1n) is 11.9. The van der Waals surface area contributed by atoms with Crippen LogP contribution in [0, 0.1) is 17.8 Å². The molecule has 32 heavy (non-hydrogen) atoms. The number of fused-ring (bicyclic) bond motifs is 7. The zero-order valence-electron chi connectivity index (χ0n) is 18.6. The molecular formula is C29H30N2O. The molecule has 5 atom stereocenters. The first kappa shape index (κ1) is 19.6. The van der Waals surface area contributed by atoms with E-state index in [-0.39, 0.29) is 5.91 Å². The zero-order valence-corrected chi connectivity index (χ0v) is 18.6. The molecule has 2 fully saturated rings. The number of hydrogen-bond donors (Lipinski definition) is 1. The predicted octanol–water partition coefficient (Wildman–Crippen LogP) is 6.26. The summed E-state index contributed by atoms with van der Waals surface area (Å²) in [5, 5.41) is 3.88. The van der Waals surface area contributed by atoms with Crippen molar-refractivity contribution < 1.29 is 4.79 Å². The fourth-order valence-corrected chi connectivity index (χ4v) is 6.76. The summed E-state index contributed by atoms with van der Waals surface area (Å²) in [5.41, 5.74) is 5.94. The van der Waals surface area contributed by atoms with Gasteiger partial charge in [0.1, 0.15) is 0 Å². The SMILES string of the molecule is CN(Cc1ccccc1)C(=O)c1ccc2c(c1)[C@@H]1[C@H]3CC[C@@H](C3)[C@H]1[C@@H](c1ccccc1)N2. The van der Waals surface area contributed by atoms with E-state index in [4.69, 9.17) is 0 Å². The molecule has 0 radical (unpaired) electrons. The molecule has 1 heterocycles. The van der Waals surface area contributed by atoms with Gasteiger partial charge in [0, 0.05) is 24.8 Å². The minimum Gasteiger partial charge on any atom is -0.378 e. The molecule has 0 saturated heterocycles. The van der Waals surface area contributed by atoms with E-state index in [0.717, 1.165) is 23.0 Å². The third-order valence-electron chi connectivity index (χ3n) is 8.10. The van der Waals surface area contributed by atoms with Crippen molar-refractivity contribution in [2.24, 2.45) is 17.8 Å². The van der Waals surface area contributed by atoms with Crippen molar-refractivity contribution in [1.29, 1.82) is 0 Å². The zero-order chi connectivity index (χ0) is 21.7. The molecule has 0 unspecified atom stereocenters. The summed E-state index contributed by atoms with van der Waals surface area (Å²) in [6.45, 7) is 0.627. The monoisotopic (exact) mass is 422 g/mol. The minimum absolute atomic E-state index is 0.0987. The van der Waals surface area contributed by atoms with Gasteiger partial charge in [0.2, 0.25) is 0 Å². The van der Waals surface area contributed by atoms with Crippen molar-refractivity contribution in [2.75, 3.05) is 12.4 Å². The highest BCUT2D eigenvalue weighted by Crippen LogP contribution is 2.63. The van der Waals surface area contributed by atoms with Gasteiger partial charge in [0.15, 0.2) is 0 Å². The van der Waals surface area contributed by atoms with Crippen LogP contribution in [0.25, 0.3) is 0 Å². The highest BCUT2D eigenvalue weighted by atomic mass is 16.2. The van der Waals surface area contributed by atoms with Crippen LogP contribution >= 0.6 is 0 Å². The Bertz CT molecular complexity index is 1130. The maximum Gasteiger partial charge on any atom is 0.253 e. The first-order chi connectivity index (χ1) is 15.7. The van der Waals surface area contributed by atoms with Gasteiger partial charge in [0.05, 0.1) is 6.04 Å². The van der Waals surface area contributed by atoms with Crippen LogP contribution in [-0.2, 0) is 6.54 Å². The van der Waals surface area contributed by atoms with Gasteiger partial charge in [-0.1, -0.05) is 60.7 Å². The molecule has 0 aromatic heterocycles. The molecule has 162 valence electrons. The molecule has 1 N–H and O–H groups in total. The highest BCUT2D eigenvalue weighted by Gasteiger charge is 2.53. The number of rotatable bonds is 4. The Kier molecular flexibility index (Phi) is 4.78. The average molecular weight is 423 g/mol. The Balaban J connectivity index is 1.32. The molecule has 1 amide bonds. The number of hydrogen-bond acceptors (Lipinski definition) is 2. The van der Waals surface area contributed by atoms with E-state index in [1.165, 1.54) is 36.1 Å². The Morgan fingerprint density at radius 2 is 1.66 bits per heavy atom. The maximum atomic E-state index is 13.3. The lowest BCUT2D eigenvalue weighted by Gasteiger charge is -2.43. The fraction of sp³-hybridized carbons (Fsp3) is 0.345.